The van der Waals surface area contributed by atoms with Gasteiger partial charge in [0.2, 0.25) is 0 Å². The minimum Gasteiger partial charge on any atom is -0.461 e. The lowest BCUT2D eigenvalue weighted by Crippen LogP contribution is -2.48. The number of aromatic nitrogens is 2. The number of ether oxygens (including phenoxy) is 1. The number of hydrogen-bond donors (Lipinski definition) is 1. The average Bonchev–Trinajstić information content (AvgIpc) is 3.26. The van der Waals surface area contributed by atoms with Gasteiger partial charge in [-0.25, -0.2) is 4.68 Å². The summed E-state index contributed by atoms with van der Waals surface area (Å²) in [6.45, 7) is 1.49. The summed E-state index contributed by atoms with van der Waals surface area (Å²) in [5.74, 6) is 3.24. The van der Waals surface area contributed by atoms with E-state index in [2.05, 4.69) is 28.5 Å². The van der Waals surface area contributed by atoms with Crippen molar-refractivity contribution in [2.45, 2.75) is 69.4 Å². The Balaban J connectivity index is 1.17. The maximum Gasteiger partial charge on any atom is 0.316 e. The zero-order valence-corrected chi connectivity index (χ0v) is 21.5. The Morgan fingerprint density at radius 3 is 2.43 bits per heavy atom. The molecule has 5 heteroatoms. The molecule has 2 aliphatic rings. The lowest BCUT2D eigenvalue weighted by Gasteiger charge is -2.43. The number of carbonyl (C=O) groups excluding carboxylic acids is 1. The molecule has 1 aromatic heterocycles. The number of esters is 1. The van der Waals surface area contributed by atoms with Crippen LogP contribution in [0.2, 0.25) is 0 Å². The zero-order valence-electron chi connectivity index (χ0n) is 21.5. The van der Waals surface area contributed by atoms with Crippen LogP contribution in [-0.4, -0.2) is 28.4 Å². The van der Waals surface area contributed by atoms with Gasteiger partial charge < -0.3 is 10.1 Å². The van der Waals surface area contributed by atoms with Crippen LogP contribution in [0.1, 0.15) is 62.6 Å². The van der Waals surface area contributed by atoms with Gasteiger partial charge in [-0.15, -0.1) is 12.3 Å². The van der Waals surface area contributed by atoms with E-state index in [1.807, 2.05) is 65.5 Å². The van der Waals surface area contributed by atoms with E-state index in [0.717, 1.165) is 62.0 Å². The fraction of sp³-hybridized carbons (Fsp3) is 0.438. The topological polar surface area (TPSA) is 56.1 Å². The van der Waals surface area contributed by atoms with Gasteiger partial charge in [0.25, 0.3) is 0 Å². The van der Waals surface area contributed by atoms with Crippen LogP contribution in [0.5, 0.6) is 0 Å². The molecule has 0 amide bonds. The zero-order chi connectivity index (χ0) is 25.5. The van der Waals surface area contributed by atoms with E-state index in [1.54, 1.807) is 0 Å². The number of nitrogens with one attached hydrogen (secondary N) is 1. The second-order valence-corrected chi connectivity index (χ2v) is 10.5. The van der Waals surface area contributed by atoms with E-state index in [4.69, 9.17) is 11.2 Å². The van der Waals surface area contributed by atoms with Crippen LogP contribution in [-0.2, 0) is 21.5 Å². The van der Waals surface area contributed by atoms with Crippen LogP contribution in [0.3, 0.4) is 0 Å². The van der Waals surface area contributed by atoms with Gasteiger partial charge in [0.15, 0.2) is 0 Å². The molecule has 2 aliphatic carbocycles. The number of terminal acetylenes is 1. The number of rotatable bonds is 9. The Kier molecular flexibility index (Phi) is 8.06. The third-order valence-corrected chi connectivity index (χ3v) is 8.25. The normalized spacial score (nSPS) is 22.8. The lowest BCUT2D eigenvalue weighted by atomic mass is 9.69. The first kappa shape index (κ1) is 25.3. The fourth-order valence-electron chi connectivity index (χ4n) is 5.99. The molecule has 0 radical (unpaired) electrons. The third-order valence-electron chi connectivity index (χ3n) is 8.25. The van der Waals surface area contributed by atoms with Gasteiger partial charge in [-0.1, -0.05) is 74.2 Å². The van der Waals surface area contributed by atoms with Gasteiger partial charge in [0.05, 0.1) is 16.8 Å². The molecule has 5 rings (SSSR count). The molecular weight excluding hydrogens is 458 g/mol. The van der Waals surface area contributed by atoms with Gasteiger partial charge in [-0.05, 0) is 56.0 Å². The minimum atomic E-state index is -0.528. The average molecular weight is 496 g/mol. The van der Waals surface area contributed by atoms with Gasteiger partial charge in [0, 0.05) is 24.6 Å². The molecular formula is C32H37N3O2. The van der Waals surface area contributed by atoms with Crippen molar-refractivity contribution in [1.82, 2.24) is 15.1 Å². The minimum absolute atomic E-state index is 0.0505. The molecule has 192 valence electrons. The van der Waals surface area contributed by atoms with Crippen LogP contribution >= 0.6 is 0 Å². The number of carbonyl (C=O) groups is 1. The van der Waals surface area contributed by atoms with Gasteiger partial charge >= 0.3 is 5.97 Å². The molecule has 3 atom stereocenters. The Morgan fingerprint density at radius 1 is 1.03 bits per heavy atom. The van der Waals surface area contributed by atoms with Crippen LogP contribution < -0.4 is 5.32 Å². The van der Waals surface area contributed by atoms with Crippen LogP contribution in [0.4, 0.5) is 0 Å². The monoisotopic (exact) mass is 495 g/mol. The molecule has 1 N–H and O–H groups in total. The summed E-state index contributed by atoms with van der Waals surface area (Å²) < 4.78 is 8.17. The van der Waals surface area contributed by atoms with Crippen molar-refractivity contribution in [3.05, 3.63) is 84.2 Å². The van der Waals surface area contributed by atoms with E-state index in [0.29, 0.717) is 6.54 Å². The van der Waals surface area contributed by atoms with Crippen molar-refractivity contribution < 1.29 is 9.53 Å². The largest absolute Gasteiger partial charge is 0.461 e. The van der Waals surface area contributed by atoms with E-state index in [-0.39, 0.29) is 23.9 Å². The number of benzene rings is 2. The van der Waals surface area contributed by atoms with E-state index in [1.165, 1.54) is 12.8 Å². The second kappa shape index (κ2) is 11.8. The highest BCUT2D eigenvalue weighted by Gasteiger charge is 2.47. The highest BCUT2D eigenvalue weighted by molar-refractivity contribution is 5.83. The third kappa shape index (κ3) is 5.65. The predicted octanol–water partition coefficient (Wildman–Crippen LogP) is 5.83. The summed E-state index contributed by atoms with van der Waals surface area (Å²) in [5.41, 5.74) is 2.61. The van der Waals surface area contributed by atoms with Crippen LogP contribution in [0.25, 0.3) is 5.69 Å². The van der Waals surface area contributed by atoms with Crippen molar-refractivity contribution in [3.63, 3.8) is 0 Å². The lowest BCUT2D eigenvalue weighted by molar-refractivity contribution is -0.169. The number of para-hydroxylation sites is 1. The maximum absolute atomic E-state index is 13.8. The summed E-state index contributed by atoms with van der Waals surface area (Å²) in [7, 11) is 0. The molecule has 2 fully saturated rings. The molecule has 0 saturated heterocycles. The van der Waals surface area contributed by atoms with Crippen molar-refractivity contribution in [2.75, 3.05) is 6.54 Å². The summed E-state index contributed by atoms with van der Waals surface area (Å²) in [6.07, 6.45) is 15.6. The standard InChI is InChI=1S/C32H37N3O2/c1-2-25-23-30(37-31(36)32(19-11-3-4-12-20-32)26-13-7-5-8-14-26)29(25)17-21-33-24-27-18-22-35(34-27)28-15-9-6-10-16-28/h1,5-10,13-16,18,22,25,29-30,33H,3-4,11-12,17,19-21,23-24H2. The predicted molar refractivity (Wildman–Crippen MR) is 146 cm³/mol. The smallest absolute Gasteiger partial charge is 0.316 e. The van der Waals surface area contributed by atoms with E-state index in [9.17, 15) is 4.79 Å². The first-order valence-electron chi connectivity index (χ1n) is 13.7. The molecule has 3 unspecified atom stereocenters. The van der Waals surface area contributed by atoms with Crippen molar-refractivity contribution in [2.24, 2.45) is 11.8 Å². The molecule has 0 spiro atoms. The summed E-state index contributed by atoms with van der Waals surface area (Å²) >= 11 is 0. The highest BCUT2D eigenvalue weighted by atomic mass is 16.5. The second-order valence-electron chi connectivity index (χ2n) is 10.5. The van der Waals surface area contributed by atoms with Crippen molar-refractivity contribution in [1.29, 1.82) is 0 Å². The van der Waals surface area contributed by atoms with E-state index < -0.39 is 5.41 Å². The van der Waals surface area contributed by atoms with Gasteiger partial charge in [-0.3, -0.25) is 4.79 Å². The molecule has 3 aromatic rings. The summed E-state index contributed by atoms with van der Waals surface area (Å²) in [4.78, 5) is 13.8. The number of hydrogen-bond acceptors (Lipinski definition) is 4. The van der Waals surface area contributed by atoms with Crippen molar-refractivity contribution in [3.8, 4) is 18.0 Å². The summed E-state index contributed by atoms with van der Waals surface area (Å²) in [5, 5.41) is 8.17. The highest BCUT2D eigenvalue weighted by Crippen LogP contribution is 2.44. The first-order valence-corrected chi connectivity index (χ1v) is 13.7. The van der Waals surface area contributed by atoms with Crippen molar-refractivity contribution >= 4 is 5.97 Å². The molecule has 0 bridgehead atoms. The Bertz CT molecular complexity index is 1190. The SMILES string of the molecule is C#CC1CC(OC(=O)C2(c3ccccc3)CCCCCC2)C1CCNCc1ccn(-c2ccccc2)n1. The molecule has 37 heavy (non-hydrogen) atoms. The Hall–Kier alpha value is -3.36. The van der Waals surface area contributed by atoms with Gasteiger partial charge in [0.1, 0.15) is 6.10 Å². The fourth-order valence-corrected chi connectivity index (χ4v) is 5.99. The van der Waals surface area contributed by atoms with E-state index >= 15 is 0 Å². The Morgan fingerprint density at radius 2 is 1.73 bits per heavy atom. The number of nitrogens with zero attached hydrogens (tertiary/aromatic N) is 2. The molecule has 2 saturated carbocycles. The molecule has 2 aromatic carbocycles. The summed E-state index contributed by atoms with van der Waals surface area (Å²) in [6, 6.07) is 22.4. The molecule has 1 heterocycles. The quantitative estimate of drug-likeness (QED) is 0.176. The molecule has 5 nitrogen and oxygen atoms in total. The molecule has 0 aliphatic heterocycles. The Labute approximate surface area is 220 Å². The van der Waals surface area contributed by atoms with Crippen LogP contribution in [0.15, 0.2) is 72.9 Å². The maximum atomic E-state index is 13.8. The first-order chi connectivity index (χ1) is 18.2. The van der Waals surface area contributed by atoms with Crippen LogP contribution in [0, 0.1) is 24.2 Å². The van der Waals surface area contributed by atoms with Gasteiger partial charge in [-0.2, -0.15) is 5.10 Å².